The molecule has 2 N–H and O–H groups in total. The Morgan fingerprint density at radius 1 is 1.53 bits per heavy atom. The second-order valence-corrected chi connectivity index (χ2v) is 4.85. The molecule has 0 aliphatic carbocycles. The van der Waals surface area contributed by atoms with Gasteiger partial charge in [0.2, 0.25) is 0 Å². The maximum atomic E-state index is 12.4. The SMILES string of the molecule is CCCc1nnsc1C(=O)N(C)c1ccncc1N. The number of hydrogen-bond acceptors (Lipinski definition) is 6. The third-order valence-corrected chi connectivity index (χ3v) is 3.49. The van der Waals surface area contributed by atoms with Crippen molar-refractivity contribution in [2.24, 2.45) is 0 Å². The van der Waals surface area contributed by atoms with E-state index in [0.717, 1.165) is 30.1 Å². The van der Waals surface area contributed by atoms with Gasteiger partial charge >= 0.3 is 0 Å². The molecule has 2 aromatic rings. The van der Waals surface area contributed by atoms with E-state index >= 15 is 0 Å². The maximum Gasteiger partial charge on any atom is 0.271 e. The second kappa shape index (κ2) is 5.75. The molecule has 1 amide bonds. The Morgan fingerprint density at radius 2 is 2.32 bits per heavy atom. The molecule has 0 fully saturated rings. The van der Waals surface area contributed by atoms with Crippen molar-refractivity contribution in [1.82, 2.24) is 14.6 Å². The van der Waals surface area contributed by atoms with Gasteiger partial charge in [0.25, 0.3) is 5.91 Å². The lowest BCUT2D eigenvalue weighted by Crippen LogP contribution is -2.27. The smallest absolute Gasteiger partial charge is 0.271 e. The van der Waals surface area contributed by atoms with Crippen LogP contribution in [0.3, 0.4) is 0 Å². The van der Waals surface area contributed by atoms with Crippen molar-refractivity contribution in [2.45, 2.75) is 19.8 Å². The Morgan fingerprint density at radius 3 is 3.00 bits per heavy atom. The van der Waals surface area contributed by atoms with Crippen LogP contribution in [0.15, 0.2) is 18.5 Å². The minimum absolute atomic E-state index is 0.142. The standard InChI is InChI=1S/C12H15N5OS/c1-3-4-9-11(19-16-15-9)12(18)17(2)10-5-6-14-7-8(10)13/h5-7H,3-4,13H2,1-2H3. The topological polar surface area (TPSA) is 85.0 Å². The molecule has 0 aliphatic rings. The molecular weight excluding hydrogens is 262 g/mol. The van der Waals surface area contributed by atoms with E-state index in [0.29, 0.717) is 16.3 Å². The summed E-state index contributed by atoms with van der Waals surface area (Å²) in [6.45, 7) is 2.04. The number of nitrogens with two attached hydrogens (primary N) is 1. The van der Waals surface area contributed by atoms with Crippen LogP contribution in [0.4, 0.5) is 11.4 Å². The molecule has 6 nitrogen and oxygen atoms in total. The van der Waals surface area contributed by atoms with Gasteiger partial charge in [0, 0.05) is 13.2 Å². The molecule has 100 valence electrons. The third-order valence-electron chi connectivity index (χ3n) is 2.73. The highest BCUT2D eigenvalue weighted by molar-refractivity contribution is 7.08. The molecule has 0 radical (unpaired) electrons. The number of nitrogens with zero attached hydrogens (tertiary/aromatic N) is 4. The molecule has 0 saturated carbocycles. The van der Waals surface area contributed by atoms with Gasteiger partial charge in [-0.3, -0.25) is 9.78 Å². The van der Waals surface area contributed by atoms with E-state index < -0.39 is 0 Å². The average molecular weight is 277 g/mol. The lowest BCUT2D eigenvalue weighted by atomic mass is 10.2. The number of pyridine rings is 1. The van der Waals surface area contributed by atoms with Crippen LogP contribution < -0.4 is 10.6 Å². The fourth-order valence-electron chi connectivity index (χ4n) is 1.74. The Hall–Kier alpha value is -2.02. The number of hydrogen-bond donors (Lipinski definition) is 1. The lowest BCUT2D eigenvalue weighted by Gasteiger charge is -2.18. The molecule has 0 aliphatic heterocycles. The first-order valence-corrected chi connectivity index (χ1v) is 6.71. The molecule has 0 saturated heterocycles. The van der Waals surface area contributed by atoms with Crippen molar-refractivity contribution in [1.29, 1.82) is 0 Å². The first-order chi connectivity index (χ1) is 9.15. The monoisotopic (exact) mass is 277 g/mol. The first kappa shape index (κ1) is 13.4. The van der Waals surface area contributed by atoms with Gasteiger partial charge in [0.1, 0.15) is 4.88 Å². The molecule has 2 heterocycles. The molecule has 2 rings (SSSR count). The summed E-state index contributed by atoms with van der Waals surface area (Å²) in [4.78, 5) is 18.4. The molecule has 0 aromatic carbocycles. The zero-order valence-corrected chi connectivity index (χ0v) is 11.6. The fourth-order valence-corrected chi connectivity index (χ4v) is 2.42. The van der Waals surface area contributed by atoms with E-state index in [1.54, 1.807) is 19.3 Å². The van der Waals surface area contributed by atoms with Crippen molar-refractivity contribution < 1.29 is 4.79 Å². The van der Waals surface area contributed by atoms with E-state index in [9.17, 15) is 4.79 Å². The zero-order chi connectivity index (χ0) is 13.8. The molecular formula is C12H15N5OS. The maximum absolute atomic E-state index is 12.4. The highest BCUT2D eigenvalue weighted by Gasteiger charge is 2.21. The van der Waals surface area contributed by atoms with E-state index in [1.807, 2.05) is 6.92 Å². The molecule has 0 spiro atoms. The van der Waals surface area contributed by atoms with Crippen LogP contribution in [0.1, 0.15) is 28.7 Å². The molecule has 0 bridgehead atoms. The number of carbonyl (C=O) groups excluding carboxylic acids is 1. The number of aromatic nitrogens is 3. The summed E-state index contributed by atoms with van der Waals surface area (Å²) in [5.74, 6) is -0.142. The summed E-state index contributed by atoms with van der Waals surface area (Å²) in [5, 5.41) is 4.00. The number of amides is 1. The lowest BCUT2D eigenvalue weighted by molar-refractivity contribution is 0.0996. The number of aryl methyl sites for hydroxylation is 1. The average Bonchev–Trinajstić information content (AvgIpc) is 2.86. The zero-order valence-electron chi connectivity index (χ0n) is 10.8. The molecule has 2 aromatic heterocycles. The van der Waals surface area contributed by atoms with Crippen molar-refractivity contribution in [3.63, 3.8) is 0 Å². The van der Waals surface area contributed by atoms with Crippen molar-refractivity contribution in [2.75, 3.05) is 17.7 Å². The van der Waals surface area contributed by atoms with E-state index in [-0.39, 0.29) is 5.91 Å². The van der Waals surface area contributed by atoms with E-state index in [2.05, 4.69) is 14.6 Å². The number of rotatable bonds is 4. The predicted octanol–water partition coefficient (Wildman–Crippen LogP) is 1.74. The van der Waals surface area contributed by atoms with Crippen LogP contribution in [0.25, 0.3) is 0 Å². The van der Waals surface area contributed by atoms with Crippen LogP contribution in [0.2, 0.25) is 0 Å². The first-order valence-electron chi connectivity index (χ1n) is 5.94. The summed E-state index contributed by atoms with van der Waals surface area (Å²) >= 11 is 1.12. The van der Waals surface area contributed by atoms with Gasteiger partial charge in [-0.25, -0.2) is 0 Å². The third kappa shape index (κ3) is 2.70. The van der Waals surface area contributed by atoms with Crippen LogP contribution >= 0.6 is 11.5 Å². The quantitative estimate of drug-likeness (QED) is 0.920. The Kier molecular flexibility index (Phi) is 4.06. The van der Waals surface area contributed by atoms with Gasteiger partial charge in [0.15, 0.2) is 0 Å². The van der Waals surface area contributed by atoms with Crippen LogP contribution in [-0.4, -0.2) is 27.5 Å². The molecule has 0 unspecified atom stereocenters. The molecule has 7 heteroatoms. The van der Waals surface area contributed by atoms with Crippen molar-refractivity contribution in [3.05, 3.63) is 29.0 Å². The minimum atomic E-state index is -0.142. The Balaban J connectivity index is 2.29. The van der Waals surface area contributed by atoms with Gasteiger partial charge in [-0.2, -0.15) is 0 Å². The minimum Gasteiger partial charge on any atom is -0.396 e. The van der Waals surface area contributed by atoms with Crippen LogP contribution in [-0.2, 0) is 6.42 Å². The van der Waals surface area contributed by atoms with Gasteiger partial charge < -0.3 is 10.6 Å². The van der Waals surface area contributed by atoms with Crippen LogP contribution in [0.5, 0.6) is 0 Å². The summed E-state index contributed by atoms with van der Waals surface area (Å²) < 4.78 is 3.86. The highest BCUT2D eigenvalue weighted by atomic mass is 32.1. The predicted molar refractivity (Wildman–Crippen MR) is 75.3 cm³/mol. The number of nitrogen functional groups attached to an aromatic ring is 1. The molecule has 0 atom stereocenters. The van der Waals surface area contributed by atoms with Crippen LogP contribution in [0, 0.1) is 0 Å². The summed E-state index contributed by atoms with van der Waals surface area (Å²) in [6.07, 6.45) is 4.80. The highest BCUT2D eigenvalue weighted by Crippen LogP contribution is 2.23. The van der Waals surface area contributed by atoms with E-state index in [4.69, 9.17) is 5.73 Å². The fraction of sp³-hybridized carbons (Fsp3) is 0.333. The summed E-state index contributed by atoms with van der Waals surface area (Å²) in [6, 6.07) is 1.71. The summed E-state index contributed by atoms with van der Waals surface area (Å²) in [7, 11) is 1.68. The Labute approximate surface area is 115 Å². The van der Waals surface area contributed by atoms with Gasteiger partial charge in [-0.05, 0) is 24.0 Å². The second-order valence-electron chi connectivity index (χ2n) is 4.10. The van der Waals surface area contributed by atoms with Gasteiger partial charge in [-0.1, -0.05) is 17.8 Å². The number of carbonyl (C=O) groups is 1. The largest absolute Gasteiger partial charge is 0.396 e. The normalized spacial score (nSPS) is 10.4. The van der Waals surface area contributed by atoms with E-state index in [1.165, 1.54) is 11.1 Å². The summed E-state index contributed by atoms with van der Waals surface area (Å²) in [5.41, 5.74) is 7.67. The van der Waals surface area contributed by atoms with Crippen molar-refractivity contribution >= 4 is 28.8 Å². The number of anilines is 2. The Bertz CT molecular complexity index is 583. The van der Waals surface area contributed by atoms with Gasteiger partial charge in [-0.15, -0.1) is 5.10 Å². The van der Waals surface area contributed by atoms with Crippen molar-refractivity contribution in [3.8, 4) is 0 Å². The van der Waals surface area contributed by atoms with Gasteiger partial charge in [0.05, 0.1) is 23.3 Å². The molecule has 19 heavy (non-hydrogen) atoms.